The zero-order valence-electron chi connectivity index (χ0n) is 13.9. The van der Waals surface area contributed by atoms with Crippen molar-refractivity contribution in [1.29, 1.82) is 0 Å². The summed E-state index contributed by atoms with van der Waals surface area (Å²) in [7, 11) is 0. The molecule has 1 atom stereocenters. The Kier molecular flexibility index (Phi) is 6.67. The van der Waals surface area contributed by atoms with Gasteiger partial charge >= 0.3 is 0 Å². The normalized spacial score (nSPS) is 11.7. The molecule has 0 radical (unpaired) electrons. The Morgan fingerprint density at radius 1 is 1.09 bits per heavy atom. The summed E-state index contributed by atoms with van der Waals surface area (Å²) in [5.41, 5.74) is 1.89. The van der Waals surface area contributed by atoms with Gasteiger partial charge in [-0.15, -0.1) is 0 Å². The van der Waals surface area contributed by atoms with Crippen LogP contribution >= 0.6 is 0 Å². The van der Waals surface area contributed by atoms with Crippen molar-refractivity contribution in [2.45, 2.75) is 32.6 Å². The van der Waals surface area contributed by atoms with Crippen LogP contribution in [0.5, 0.6) is 5.75 Å². The molecule has 1 unspecified atom stereocenters. The molecule has 1 N–H and O–H groups in total. The number of carbonyl (C=O) groups excluding carboxylic acids is 1. The van der Waals surface area contributed by atoms with Gasteiger partial charge in [-0.3, -0.25) is 4.79 Å². The van der Waals surface area contributed by atoms with Gasteiger partial charge in [-0.2, -0.15) is 0 Å². The third-order valence-electron chi connectivity index (χ3n) is 3.82. The lowest BCUT2D eigenvalue weighted by Crippen LogP contribution is -2.27. The highest BCUT2D eigenvalue weighted by molar-refractivity contribution is 5.94. The third-order valence-corrected chi connectivity index (χ3v) is 3.82. The summed E-state index contributed by atoms with van der Waals surface area (Å²) in [6.07, 6.45) is 2.15. The van der Waals surface area contributed by atoms with Crippen molar-refractivity contribution in [3.63, 3.8) is 0 Å². The van der Waals surface area contributed by atoms with Crippen LogP contribution in [0.2, 0.25) is 0 Å². The standard InChI is InChI=1S/C20H25NO2/c1-3-4-14-23-19-12-10-18(11-13-19)20(22)21-15-16(2)17-8-6-5-7-9-17/h5-13,16H,3-4,14-15H2,1-2H3,(H,21,22). The van der Waals surface area contributed by atoms with Crippen molar-refractivity contribution in [3.05, 3.63) is 65.7 Å². The fourth-order valence-electron chi connectivity index (χ4n) is 2.28. The SMILES string of the molecule is CCCCOc1ccc(C(=O)NCC(C)c2ccccc2)cc1. The fourth-order valence-corrected chi connectivity index (χ4v) is 2.28. The zero-order chi connectivity index (χ0) is 16.5. The largest absolute Gasteiger partial charge is 0.494 e. The van der Waals surface area contributed by atoms with Crippen LogP contribution in [0.4, 0.5) is 0 Å². The molecule has 0 fully saturated rings. The Morgan fingerprint density at radius 2 is 1.78 bits per heavy atom. The number of unbranched alkanes of at least 4 members (excludes halogenated alkanes) is 1. The predicted molar refractivity (Wildman–Crippen MR) is 94.0 cm³/mol. The number of ether oxygens (including phenoxy) is 1. The molecule has 0 heterocycles. The first-order valence-electron chi connectivity index (χ1n) is 8.26. The van der Waals surface area contributed by atoms with E-state index in [0.717, 1.165) is 25.2 Å². The maximum atomic E-state index is 12.2. The second kappa shape index (κ2) is 8.99. The van der Waals surface area contributed by atoms with Crippen molar-refractivity contribution in [1.82, 2.24) is 5.32 Å². The Labute approximate surface area is 138 Å². The van der Waals surface area contributed by atoms with E-state index in [1.165, 1.54) is 5.56 Å². The summed E-state index contributed by atoms with van der Waals surface area (Å²) in [4.78, 5) is 12.2. The van der Waals surface area contributed by atoms with Gasteiger partial charge in [-0.25, -0.2) is 0 Å². The summed E-state index contributed by atoms with van der Waals surface area (Å²) in [6.45, 7) is 5.59. The van der Waals surface area contributed by atoms with E-state index in [0.29, 0.717) is 12.1 Å². The minimum Gasteiger partial charge on any atom is -0.494 e. The van der Waals surface area contributed by atoms with E-state index >= 15 is 0 Å². The van der Waals surface area contributed by atoms with Gasteiger partial charge in [0.15, 0.2) is 0 Å². The molecule has 0 aliphatic heterocycles. The molecule has 0 aliphatic rings. The predicted octanol–water partition coefficient (Wildman–Crippen LogP) is 4.40. The van der Waals surface area contributed by atoms with E-state index < -0.39 is 0 Å². The number of hydrogen-bond acceptors (Lipinski definition) is 2. The summed E-state index contributed by atoms with van der Waals surface area (Å²) in [5.74, 6) is 1.05. The van der Waals surface area contributed by atoms with Gasteiger partial charge in [0.25, 0.3) is 5.91 Å². The summed E-state index contributed by atoms with van der Waals surface area (Å²) in [6, 6.07) is 17.5. The van der Waals surface area contributed by atoms with Crippen molar-refractivity contribution in [2.24, 2.45) is 0 Å². The number of nitrogens with one attached hydrogen (secondary N) is 1. The topological polar surface area (TPSA) is 38.3 Å². The van der Waals surface area contributed by atoms with Crippen LogP contribution in [0, 0.1) is 0 Å². The molecular weight excluding hydrogens is 286 g/mol. The summed E-state index contributed by atoms with van der Waals surface area (Å²) >= 11 is 0. The lowest BCUT2D eigenvalue weighted by molar-refractivity contribution is 0.0951. The molecule has 0 saturated heterocycles. The first-order chi connectivity index (χ1) is 11.2. The Hall–Kier alpha value is -2.29. The highest BCUT2D eigenvalue weighted by atomic mass is 16.5. The van der Waals surface area contributed by atoms with Gasteiger partial charge in [0.2, 0.25) is 0 Å². The van der Waals surface area contributed by atoms with Gasteiger partial charge in [-0.1, -0.05) is 50.6 Å². The van der Waals surface area contributed by atoms with Crippen LogP contribution in [0.1, 0.15) is 48.5 Å². The molecule has 3 nitrogen and oxygen atoms in total. The zero-order valence-corrected chi connectivity index (χ0v) is 13.9. The van der Waals surface area contributed by atoms with E-state index in [4.69, 9.17) is 4.74 Å². The minimum atomic E-state index is -0.0483. The molecule has 2 aromatic rings. The molecule has 0 aliphatic carbocycles. The first-order valence-corrected chi connectivity index (χ1v) is 8.26. The van der Waals surface area contributed by atoms with E-state index in [-0.39, 0.29) is 11.8 Å². The van der Waals surface area contributed by atoms with Crippen LogP contribution in [0.25, 0.3) is 0 Å². The monoisotopic (exact) mass is 311 g/mol. The molecular formula is C20H25NO2. The number of rotatable bonds is 8. The number of amides is 1. The molecule has 0 bridgehead atoms. The second-order valence-electron chi connectivity index (χ2n) is 5.75. The highest BCUT2D eigenvalue weighted by Crippen LogP contribution is 2.15. The molecule has 0 spiro atoms. The van der Waals surface area contributed by atoms with Crippen LogP contribution in [-0.4, -0.2) is 19.1 Å². The molecule has 122 valence electrons. The van der Waals surface area contributed by atoms with Gasteiger partial charge in [0, 0.05) is 12.1 Å². The van der Waals surface area contributed by atoms with E-state index in [9.17, 15) is 4.79 Å². The molecule has 0 aromatic heterocycles. The lowest BCUT2D eigenvalue weighted by atomic mass is 10.0. The average Bonchev–Trinajstić information content (AvgIpc) is 2.61. The van der Waals surface area contributed by atoms with Gasteiger partial charge in [0.1, 0.15) is 5.75 Å². The number of carbonyl (C=O) groups is 1. The number of hydrogen-bond donors (Lipinski definition) is 1. The van der Waals surface area contributed by atoms with E-state index in [2.05, 4.69) is 31.3 Å². The summed E-state index contributed by atoms with van der Waals surface area (Å²) in [5, 5.41) is 2.99. The van der Waals surface area contributed by atoms with Crippen molar-refractivity contribution >= 4 is 5.91 Å². The van der Waals surface area contributed by atoms with E-state index in [1.54, 1.807) is 0 Å². The molecule has 0 saturated carbocycles. The minimum absolute atomic E-state index is 0.0483. The first kappa shape index (κ1) is 17.1. The molecule has 3 heteroatoms. The van der Waals surface area contributed by atoms with Crippen LogP contribution in [0.15, 0.2) is 54.6 Å². The maximum absolute atomic E-state index is 12.2. The third kappa shape index (κ3) is 5.44. The highest BCUT2D eigenvalue weighted by Gasteiger charge is 2.09. The molecule has 23 heavy (non-hydrogen) atoms. The van der Waals surface area contributed by atoms with Crippen molar-refractivity contribution in [3.8, 4) is 5.75 Å². The lowest BCUT2D eigenvalue weighted by Gasteiger charge is -2.13. The van der Waals surface area contributed by atoms with E-state index in [1.807, 2.05) is 42.5 Å². The average molecular weight is 311 g/mol. The smallest absolute Gasteiger partial charge is 0.251 e. The van der Waals surface area contributed by atoms with Gasteiger partial charge in [-0.05, 0) is 42.2 Å². The van der Waals surface area contributed by atoms with Crippen LogP contribution in [-0.2, 0) is 0 Å². The quantitative estimate of drug-likeness (QED) is 0.734. The number of benzene rings is 2. The molecule has 1 amide bonds. The van der Waals surface area contributed by atoms with Crippen molar-refractivity contribution in [2.75, 3.05) is 13.2 Å². The van der Waals surface area contributed by atoms with Crippen LogP contribution in [0.3, 0.4) is 0 Å². The summed E-state index contributed by atoms with van der Waals surface area (Å²) < 4.78 is 5.61. The molecule has 2 rings (SSSR count). The van der Waals surface area contributed by atoms with Crippen LogP contribution < -0.4 is 10.1 Å². The van der Waals surface area contributed by atoms with Gasteiger partial charge < -0.3 is 10.1 Å². The Balaban J connectivity index is 1.83. The molecule has 2 aromatic carbocycles. The maximum Gasteiger partial charge on any atom is 0.251 e. The van der Waals surface area contributed by atoms with Gasteiger partial charge in [0.05, 0.1) is 6.61 Å². The van der Waals surface area contributed by atoms with Crippen molar-refractivity contribution < 1.29 is 9.53 Å². The fraction of sp³-hybridized carbons (Fsp3) is 0.350. The second-order valence-corrected chi connectivity index (χ2v) is 5.75. The Bertz CT molecular complexity index is 593. The Morgan fingerprint density at radius 3 is 2.43 bits per heavy atom.